The highest BCUT2D eigenvalue weighted by molar-refractivity contribution is 7.08. The van der Waals surface area contributed by atoms with Gasteiger partial charge in [0.15, 0.2) is 0 Å². The quantitative estimate of drug-likeness (QED) is 0.828. The van der Waals surface area contributed by atoms with Crippen LogP contribution in [0.2, 0.25) is 0 Å². The molecule has 0 radical (unpaired) electrons. The van der Waals surface area contributed by atoms with Crippen molar-refractivity contribution >= 4 is 11.3 Å². The van der Waals surface area contributed by atoms with Crippen molar-refractivity contribution in [1.29, 1.82) is 0 Å². The highest BCUT2D eigenvalue weighted by atomic mass is 32.1. The largest absolute Gasteiger partial charge is 0.377 e. The molecular formula is C11H17NOS. The van der Waals surface area contributed by atoms with Crippen LogP contribution in [0.1, 0.15) is 24.5 Å². The molecule has 0 aromatic carbocycles. The molecule has 1 N–H and O–H groups in total. The topological polar surface area (TPSA) is 21.3 Å². The predicted molar refractivity (Wildman–Crippen MR) is 59.7 cm³/mol. The molecule has 1 fully saturated rings. The minimum absolute atomic E-state index is 0.369. The van der Waals surface area contributed by atoms with Gasteiger partial charge in [-0.15, -0.1) is 0 Å². The molecule has 0 bridgehead atoms. The van der Waals surface area contributed by atoms with Crippen LogP contribution < -0.4 is 5.32 Å². The lowest BCUT2D eigenvalue weighted by atomic mass is 10.1. The van der Waals surface area contributed by atoms with Gasteiger partial charge in [0, 0.05) is 19.2 Å². The number of rotatable bonds is 3. The summed E-state index contributed by atoms with van der Waals surface area (Å²) in [6, 6.07) is 0.536. The fourth-order valence-electron chi connectivity index (χ4n) is 1.81. The van der Waals surface area contributed by atoms with Crippen molar-refractivity contribution in [3.8, 4) is 0 Å². The van der Waals surface area contributed by atoms with Gasteiger partial charge in [-0.05, 0) is 42.2 Å². The predicted octanol–water partition coefficient (Wildman–Crippen LogP) is 2.32. The standard InChI is InChI=1S/C11H17NOS/c1-8-6-14-7-10(8)5-12-11-3-4-13-9(11)2/h6-7,9,11-12H,3-5H2,1-2H3. The van der Waals surface area contributed by atoms with Crippen molar-refractivity contribution in [1.82, 2.24) is 5.32 Å². The van der Waals surface area contributed by atoms with Gasteiger partial charge in [-0.25, -0.2) is 0 Å². The van der Waals surface area contributed by atoms with Crippen LogP contribution in [0.4, 0.5) is 0 Å². The lowest BCUT2D eigenvalue weighted by molar-refractivity contribution is 0.113. The first-order valence-electron chi connectivity index (χ1n) is 5.14. The average Bonchev–Trinajstić information content (AvgIpc) is 2.72. The van der Waals surface area contributed by atoms with Crippen LogP contribution in [-0.2, 0) is 11.3 Å². The molecule has 0 spiro atoms. The van der Waals surface area contributed by atoms with Gasteiger partial charge in [-0.3, -0.25) is 0 Å². The van der Waals surface area contributed by atoms with Gasteiger partial charge in [-0.2, -0.15) is 11.3 Å². The van der Waals surface area contributed by atoms with Gasteiger partial charge in [0.05, 0.1) is 6.10 Å². The second kappa shape index (κ2) is 4.43. The number of hydrogen-bond donors (Lipinski definition) is 1. The van der Waals surface area contributed by atoms with Crippen LogP contribution in [0, 0.1) is 6.92 Å². The summed E-state index contributed by atoms with van der Waals surface area (Å²) in [6.07, 6.45) is 1.51. The Labute approximate surface area is 89.3 Å². The summed E-state index contributed by atoms with van der Waals surface area (Å²) >= 11 is 1.78. The Bertz CT molecular complexity index is 297. The normalized spacial score (nSPS) is 27.0. The van der Waals surface area contributed by atoms with Crippen molar-refractivity contribution < 1.29 is 4.74 Å². The summed E-state index contributed by atoms with van der Waals surface area (Å²) < 4.78 is 5.51. The van der Waals surface area contributed by atoms with Crippen molar-refractivity contribution in [2.75, 3.05) is 6.61 Å². The summed E-state index contributed by atoms with van der Waals surface area (Å²) in [4.78, 5) is 0. The lowest BCUT2D eigenvalue weighted by Crippen LogP contribution is -2.34. The SMILES string of the molecule is Cc1cscc1CNC1CCOC1C. The zero-order valence-electron chi connectivity index (χ0n) is 8.75. The van der Waals surface area contributed by atoms with Gasteiger partial charge < -0.3 is 10.1 Å². The second-order valence-electron chi connectivity index (χ2n) is 3.93. The molecule has 1 saturated heterocycles. The molecule has 0 amide bonds. The van der Waals surface area contributed by atoms with E-state index in [9.17, 15) is 0 Å². The Balaban J connectivity index is 1.85. The van der Waals surface area contributed by atoms with Crippen LogP contribution in [-0.4, -0.2) is 18.8 Å². The molecule has 2 rings (SSSR count). The Kier molecular flexibility index (Phi) is 3.21. The summed E-state index contributed by atoms with van der Waals surface area (Å²) in [7, 11) is 0. The fraction of sp³-hybridized carbons (Fsp3) is 0.636. The van der Waals surface area contributed by atoms with E-state index in [0.29, 0.717) is 12.1 Å². The lowest BCUT2D eigenvalue weighted by Gasteiger charge is -2.15. The monoisotopic (exact) mass is 211 g/mol. The van der Waals surface area contributed by atoms with Crippen molar-refractivity contribution in [2.45, 2.75) is 39.0 Å². The zero-order valence-corrected chi connectivity index (χ0v) is 9.56. The van der Waals surface area contributed by atoms with E-state index in [4.69, 9.17) is 4.74 Å². The number of thiophene rings is 1. The maximum atomic E-state index is 5.51. The number of aryl methyl sites for hydroxylation is 1. The first-order valence-corrected chi connectivity index (χ1v) is 6.08. The van der Waals surface area contributed by atoms with E-state index < -0.39 is 0 Å². The van der Waals surface area contributed by atoms with E-state index in [1.165, 1.54) is 11.1 Å². The summed E-state index contributed by atoms with van der Waals surface area (Å²) in [5.41, 5.74) is 2.82. The zero-order chi connectivity index (χ0) is 9.97. The van der Waals surface area contributed by atoms with Crippen LogP contribution in [0.3, 0.4) is 0 Å². The molecule has 1 aliphatic rings. The molecule has 14 heavy (non-hydrogen) atoms. The Morgan fingerprint density at radius 1 is 1.57 bits per heavy atom. The third-order valence-electron chi connectivity index (χ3n) is 2.89. The number of nitrogens with one attached hydrogen (secondary N) is 1. The van der Waals surface area contributed by atoms with Crippen LogP contribution in [0.25, 0.3) is 0 Å². The van der Waals surface area contributed by atoms with Gasteiger partial charge in [-0.1, -0.05) is 0 Å². The van der Waals surface area contributed by atoms with Crippen molar-refractivity contribution in [2.24, 2.45) is 0 Å². The highest BCUT2D eigenvalue weighted by Crippen LogP contribution is 2.16. The van der Waals surface area contributed by atoms with E-state index in [0.717, 1.165) is 19.6 Å². The molecule has 1 aromatic rings. The summed E-state index contributed by atoms with van der Waals surface area (Å²) in [6.45, 7) is 6.20. The Morgan fingerprint density at radius 3 is 3.00 bits per heavy atom. The molecule has 78 valence electrons. The second-order valence-corrected chi connectivity index (χ2v) is 4.68. The minimum atomic E-state index is 0.369. The minimum Gasteiger partial charge on any atom is -0.377 e. The molecule has 2 nitrogen and oxygen atoms in total. The molecule has 3 heteroatoms. The van der Waals surface area contributed by atoms with Gasteiger partial charge >= 0.3 is 0 Å². The molecule has 2 unspecified atom stereocenters. The number of ether oxygens (including phenoxy) is 1. The third-order valence-corrected chi connectivity index (χ3v) is 3.80. The maximum absolute atomic E-state index is 5.51. The molecule has 0 saturated carbocycles. The molecule has 0 aliphatic carbocycles. The Hall–Kier alpha value is -0.380. The van der Waals surface area contributed by atoms with Crippen molar-refractivity contribution in [3.63, 3.8) is 0 Å². The van der Waals surface area contributed by atoms with E-state index in [-0.39, 0.29) is 0 Å². The molecule has 2 atom stereocenters. The van der Waals surface area contributed by atoms with Gasteiger partial charge in [0.1, 0.15) is 0 Å². The molecular weight excluding hydrogens is 194 g/mol. The van der Waals surface area contributed by atoms with Gasteiger partial charge in [0.25, 0.3) is 0 Å². The van der Waals surface area contributed by atoms with Crippen LogP contribution in [0.5, 0.6) is 0 Å². The highest BCUT2D eigenvalue weighted by Gasteiger charge is 2.23. The molecule has 1 aromatic heterocycles. The van der Waals surface area contributed by atoms with Crippen LogP contribution in [0.15, 0.2) is 10.8 Å². The summed E-state index contributed by atoms with van der Waals surface area (Å²) in [5, 5.41) is 7.98. The van der Waals surface area contributed by atoms with E-state index in [1.54, 1.807) is 11.3 Å². The van der Waals surface area contributed by atoms with E-state index in [1.807, 2.05) is 0 Å². The number of hydrogen-bond acceptors (Lipinski definition) is 3. The third kappa shape index (κ3) is 2.16. The van der Waals surface area contributed by atoms with E-state index in [2.05, 4.69) is 29.9 Å². The van der Waals surface area contributed by atoms with Crippen molar-refractivity contribution in [3.05, 3.63) is 21.9 Å². The first-order chi connectivity index (χ1) is 6.77. The first kappa shape index (κ1) is 10.1. The van der Waals surface area contributed by atoms with E-state index >= 15 is 0 Å². The Morgan fingerprint density at radius 2 is 2.43 bits per heavy atom. The smallest absolute Gasteiger partial charge is 0.0700 e. The average molecular weight is 211 g/mol. The molecule has 2 heterocycles. The summed E-state index contributed by atoms with van der Waals surface area (Å²) in [5.74, 6) is 0. The molecule has 1 aliphatic heterocycles. The van der Waals surface area contributed by atoms with Gasteiger partial charge in [0.2, 0.25) is 0 Å². The fourth-order valence-corrected chi connectivity index (χ4v) is 2.67. The maximum Gasteiger partial charge on any atom is 0.0700 e. The van der Waals surface area contributed by atoms with Crippen LogP contribution >= 0.6 is 11.3 Å².